The van der Waals surface area contributed by atoms with E-state index in [0.717, 1.165) is 18.3 Å². The SMILES string of the molecule is CC(CNc1ccc(C(=O)N(C)C)nn1)C1CC1. The summed E-state index contributed by atoms with van der Waals surface area (Å²) in [6, 6.07) is 3.52. The number of carbonyl (C=O) groups is 1. The first kappa shape index (κ1) is 12.8. The normalized spacial score (nSPS) is 16.2. The van der Waals surface area contributed by atoms with E-state index >= 15 is 0 Å². The zero-order valence-corrected chi connectivity index (χ0v) is 11.2. The Morgan fingerprint density at radius 1 is 1.44 bits per heavy atom. The Kier molecular flexibility index (Phi) is 3.79. The van der Waals surface area contributed by atoms with Gasteiger partial charge in [-0.25, -0.2) is 0 Å². The quantitative estimate of drug-likeness (QED) is 0.860. The van der Waals surface area contributed by atoms with Crippen molar-refractivity contribution in [1.29, 1.82) is 0 Å². The van der Waals surface area contributed by atoms with Crippen LogP contribution in [0.25, 0.3) is 0 Å². The van der Waals surface area contributed by atoms with E-state index in [1.165, 1.54) is 17.7 Å². The van der Waals surface area contributed by atoms with Crippen LogP contribution in [0, 0.1) is 11.8 Å². The molecule has 98 valence electrons. The molecule has 0 saturated heterocycles. The van der Waals surface area contributed by atoms with Crippen LogP contribution in [0.3, 0.4) is 0 Å². The van der Waals surface area contributed by atoms with Crippen molar-refractivity contribution in [1.82, 2.24) is 15.1 Å². The molecule has 1 unspecified atom stereocenters. The maximum absolute atomic E-state index is 11.6. The van der Waals surface area contributed by atoms with Crippen LogP contribution in [0.15, 0.2) is 12.1 Å². The van der Waals surface area contributed by atoms with Crippen LogP contribution in [-0.2, 0) is 0 Å². The molecule has 1 saturated carbocycles. The molecule has 18 heavy (non-hydrogen) atoms. The second kappa shape index (κ2) is 5.33. The standard InChI is InChI=1S/C13H20N4O/c1-9(10-4-5-10)8-14-12-7-6-11(15-16-12)13(18)17(2)3/h6-7,9-10H,4-5,8H2,1-3H3,(H,14,16). The summed E-state index contributed by atoms with van der Waals surface area (Å²) in [7, 11) is 3.40. The minimum atomic E-state index is -0.125. The molecule has 1 aromatic rings. The Hall–Kier alpha value is -1.65. The Morgan fingerprint density at radius 3 is 2.67 bits per heavy atom. The first-order chi connectivity index (χ1) is 8.58. The Labute approximate surface area is 108 Å². The summed E-state index contributed by atoms with van der Waals surface area (Å²) in [5.41, 5.74) is 0.376. The Balaban J connectivity index is 1.88. The lowest BCUT2D eigenvalue weighted by Crippen LogP contribution is -2.23. The zero-order chi connectivity index (χ0) is 13.1. The number of anilines is 1. The van der Waals surface area contributed by atoms with Gasteiger partial charge < -0.3 is 10.2 Å². The van der Waals surface area contributed by atoms with Crippen molar-refractivity contribution < 1.29 is 4.79 Å². The van der Waals surface area contributed by atoms with E-state index < -0.39 is 0 Å². The molecule has 0 bridgehead atoms. The molecule has 5 heteroatoms. The maximum Gasteiger partial charge on any atom is 0.273 e. The third-order valence-corrected chi connectivity index (χ3v) is 3.32. The van der Waals surface area contributed by atoms with Crippen molar-refractivity contribution in [2.24, 2.45) is 11.8 Å². The highest BCUT2D eigenvalue weighted by Crippen LogP contribution is 2.36. The number of nitrogens with one attached hydrogen (secondary N) is 1. The second-order valence-corrected chi connectivity index (χ2v) is 5.20. The van der Waals surface area contributed by atoms with Gasteiger partial charge in [0.05, 0.1) is 0 Å². The van der Waals surface area contributed by atoms with Gasteiger partial charge in [-0.1, -0.05) is 6.92 Å². The van der Waals surface area contributed by atoms with Crippen LogP contribution >= 0.6 is 0 Å². The monoisotopic (exact) mass is 248 g/mol. The number of hydrogen-bond donors (Lipinski definition) is 1. The topological polar surface area (TPSA) is 58.1 Å². The van der Waals surface area contributed by atoms with Crippen LogP contribution in [0.5, 0.6) is 0 Å². The van der Waals surface area contributed by atoms with Crippen LogP contribution in [0.2, 0.25) is 0 Å². The summed E-state index contributed by atoms with van der Waals surface area (Å²) in [6.07, 6.45) is 2.70. The number of amides is 1. The van der Waals surface area contributed by atoms with Crippen LogP contribution in [-0.4, -0.2) is 41.6 Å². The highest BCUT2D eigenvalue weighted by atomic mass is 16.2. The van der Waals surface area contributed by atoms with Gasteiger partial charge in [0.15, 0.2) is 5.69 Å². The van der Waals surface area contributed by atoms with Crippen molar-refractivity contribution in [2.45, 2.75) is 19.8 Å². The molecule has 1 fully saturated rings. The molecule has 1 N–H and O–H groups in total. The summed E-state index contributed by atoms with van der Waals surface area (Å²) in [5.74, 6) is 2.16. The van der Waals surface area contributed by atoms with Gasteiger partial charge in [-0.05, 0) is 36.8 Å². The van der Waals surface area contributed by atoms with Crippen molar-refractivity contribution in [2.75, 3.05) is 26.0 Å². The van der Waals surface area contributed by atoms with Crippen molar-refractivity contribution in [3.63, 3.8) is 0 Å². The van der Waals surface area contributed by atoms with Crippen LogP contribution in [0.4, 0.5) is 5.82 Å². The molecule has 1 atom stereocenters. The lowest BCUT2D eigenvalue weighted by atomic mass is 10.1. The zero-order valence-electron chi connectivity index (χ0n) is 11.2. The van der Waals surface area contributed by atoms with Gasteiger partial charge in [-0.3, -0.25) is 4.79 Å². The molecular weight excluding hydrogens is 228 g/mol. The number of nitrogens with zero attached hydrogens (tertiary/aromatic N) is 3. The van der Waals surface area contributed by atoms with Gasteiger partial charge in [-0.15, -0.1) is 10.2 Å². The van der Waals surface area contributed by atoms with E-state index in [9.17, 15) is 4.79 Å². The Morgan fingerprint density at radius 2 is 2.17 bits per heavy atom. The Bertz CT molecular complexity index is 412. The summed E-state index contributed by atoms with van der Waals surface area (Å²) in [6.45, 7) is 3.17. The maximum atomic E-state index is 11.6. The average Bonchev–Trinajstić information content (AvgIpc) is 3.20. The summed E-state index contributed by atoms with van der Waals surface area (Å²) < 4.78 is 0. The molecule has 0 spiro atoms. The van der Waals surface area contributed by atoms with Crippen molar-refractivity contribution in [3.05, 3.63) is 17.8 Å². The lowest BCUT2D eigenvalue weighted by molar-refractivity contribution is 0.0821. The first-order valence-electron chi connectivity index (χ1n) is 6.37. The highest BCUT2D eigenvalue weighted by molar-refractivity contribution is 5.91. The van der Waals surface area contributed by atoms with E-state index in [1.54, 1.807) is 20.2 Å². The van der Waals surface area contributed by atoms with E-state index in [-0.39, 0.29) is 5.91 Å². The number of aromatic nitrogens is 2. The minimum Gasteiger partial charge on any atom is -0.368 e. The summed E-state index contributed by atoms with van der Waals surface area (Å²) in [4.78, 5) is 13.1. The molecule has 1 aliphatic carbocycles. The molecule has 2 rings (SSSR count). The third-order valence-electron chi connectivity index (χ3n) is 3.32. The molecule has 1 aromatic heterocycles. The third kappa shape index (κ3) is 3.18. The fraction of sp³-hybridized carbons (Fsp3) is 0.615. The summed E-state index contributed by atoms with van der Waals surface area (Å²) >= 11 is 0. The van der Waals surface area contributed by atoms with E-state index in [0.29, 0.717) is 11.6 Å². The number of carbonyl (C=O) groups excluding carboxylic acids is 1. The van der Waals surface area contributed by atoms with E-state index in [2.05, 4.69) is 22.4 Å². The van der Waals surface area contributed by atoms with Crippen molar-refractivity contribution in [3.8, 4) is 0 Å². The number of hydrogen-bond acceptors (Lipinski definition) is 4. The average molecular weight is 248 g/mol. The van der Waals surface area contributed by atoms with Gasteiger partial charge in [0, 0.05) is 20.6 Å². The summed E-state index contributed by atoms with van der Waals surface area (Å²) in [5, 5.41) is 11.2. The molecule has 0 radical (unpaired) electrons. The molecule has 1 heterocycles. The van der Waals surface area contributed by atoms with Crippen molar-refractivity contribution >= 4 is 11.7 Å². The smallest absolute Gasteiger partial charge is 0.273 e. The number of rotatable bonds is 5. The minimum absolute atomic E-state index is 0.125. The van der Waals surface area contributed by atoms with E-state index in [4.69, 9.17) is 0 Å². The largest absolute Gasteiger partial charge is 0.368 e. The predicted octanol–water partition coefficient (Wildman–Crippen LogP) is 1.64. The molecular formula is C13H20N4O. The molecule has 1 amide bonds. The molecule has 0 aliphatic heterocycles. The van der Waals surface area contributed by atoms with Gasteiger partial charge in [0.1, 0.15) is 5.82 Å². The second-order valence-electron chi connectivity index (χ2n) is 5.20. The molecule has 0 aromatic carbocycles. The van der Waals surface area contributed by atoms with Crippen LogP contribution in [0.1, 0.15) is 30.3 Å². The van der Waals surface area contributed by atoms with E-state index in [1.807, 2.05) is 6.07 Å². The first-order valence-corrected chi connectivity index (χ1v) is 6.37. The molecule has 5 nitrogen and oxygen atoms in total. The fourth-order valence-corrected chi connectivity index (χ4v) is 1.87. The highest BCUT2D eigenvalue weighted by Gasteiger charge is 2.27. The van der Waals surface area contributed by atoms with Gasteiger partial charge in [0.2, 0.25) is 0 Å². The van der Waals surface area contributed by atoms with Gasteiger partial charge in [-0.2, -0.15) is 0 Å². The fourth-order valence-electron chi connectivity index (χ4n) is 1.87. The van der Waals surface area contributed by atoms with Gasteiger partial charge >= 0.3 is 0 Å². The predicted molar refractivity (Wildman–Crippen MR) is 70.4 cm³/mol. The van der Waals surface area contributed by atoms with Gasteiger partial charge in [0.25, 0.3) is 5.91 Å². The van der Waals surface area contributed by atoms with Crippen LogP contribution < -0.4 is 5.32 Å². The lowest BCUT2D eigenvalue weighted by Gasteiger charge is -2.12. The molecule has 1 aliphatic rings.